The molecular weight excluding hydrogens is 390 g/mol. The molecule has 0 radical (unpaired) electrons. The minimum Gasteiger partial charge on any atom is -0.493 e. The number of hydrogen-bond acceptors (Lipinski definition) is 8. The quantitative estimate of drug-likeness (QED) is 0.728. The van der Waals surface area contributed by atoms with Crippen LogP contribution in [-0.2, 0) is 10.2 Å². The SMILES string of the molecule is COc1cc2ncnc(N3CCCN(S(=O)(=O)NC(=O)O)CC3)c2cc1OC. The Morgan fingerprint density at radius 1 is 1.11 bits per heavy atom. The lowest BCUT2D eigenvalue weighted by atomic mass is 10.2. The normalized spacial score (nSPS) is 15.9. The van der Waals surface area contributed by atoms with E-state index < -0.39 is 16.3 Å². The molecule has 0 aliphatic carbocycles. The van der Waals surface area contributed by atoms with Crippen molar-refractivity contribution in [3.63, 3.8) is 0 Å². The molecule has 2 aromatic rings. The summed E-state index contributed by atoms with van der Waals surface area (Å²) < 4.78 is 37.6. The van der Waals surface area contributed by atoms with E-state index in [1.165, 1.54) is 13.4 Å². The van der Waals surface area contributed by atoms with Crippen LogP contribution in [0, 0.1) is 0 Å². The van der Waals surface area contributed by atoms with E-state index in [0.717, 1.165) is 9.69 Å². The van der Waals surface area contributed by atoms with Gasteiger partial charge in [-0.05, 0) is 12.5 Å². The molecular formula is C16H21N5O6S. The lowest BCUT2D eigenvalue weighted by Crippen LogP contribution is -2.44. The highest BCUT2D eigenvalue weighted by atomic mass is 32.2. The number of hydrogen-bond donors (Lipinski definition) is 2. The highest BCUT2D eigenvalue weighted by Crippen LogP contribution is 2.34. The van der Waals surface area contributed by atoms with Crippen LogP contribution in [0.1, 0.15) is 6.42 Å². The highest BCUT2D eigenvalue weighted by molar-refractivity contribution is 7.87. The van der Waals surface area contributed by atoms with Crippen LogP contribution >= 0.6 is 0 Å². The monoisotopic (exact) mass is 411 g/mol. The molecule has 11 nitrogen and oxygen atoms in total. The second kappa shape index (κ2) is 8.02. The molecule has 1 amide bonds. The summed E-state index contributed by atoms with van der Waals surface area (Å²) in [5.41, 5.74) is 0.670. The Labute approximate surface area is 162 Å². The number of benzene rings is 1. The first-order chi connectivity index (χ1) is 13.4. The van der Waals surface area contributed by atoms with Crippen molar-refractivity contribution in [1.82, 2.24) is 19.0 Å². The third kappa shape index (κ3) is 4.02. The van der Waals surface area contributed by atoms with E-state index >= 15 is 0 Å². The number of amides is 1. The van der Waals surface area contributed by atoms with Gasteiger partial charge in [-0.25, -0.2) is 19.5 Å². The summed E-state index contributed by atoms with van der Waals surface area (Å²) in [4.78, 5) is 21.3. The van der Waals surface area contributed by atoms with Gasteiger partial charge in [0.1, 0.15) is 12.1 Å². The summed E-state index contributed by atoms with van der Waals surface area (Å²) in [6.07, 6.45) is 0.345. The van der Waals surface area contributed by atoms with E-state index in [1.807, 2.05) is 4.90 Å². The third-order valence-corrected chi connectivity index (χ3v) is 5.91. The maximum Gasteiger partial charge on any atom is 0.419 e. The number of carboxylic acid groups (broad SMARTS) is 1. The van der Waals surface area contributed by atoms with Gasteiger partial charge >= 0.3 is 16.3 Å². The fourth-order valence-corrected chi connectivity index (χ4v) is 4.18. The predicted molar refractivity (Wildman–Crippen MR) is 101 cm³/mol. The van der Waals surface area contributed by atoms with Gasteiger partial charge in [0.25, 0.3) is 0 Å². The second-order valence-electron chi connectivity index (χ2n) is 6.07. The minimum absolute atomic E-state index is 0.126. The zero-order valence-corrected chi connectivity index (χ0v) is 16.3. The Morgan fingerprint density at radius 3 is 2.50 bits per heavy atom. The van der Waals surface area contributed by atoms with Gasteiger partial charge in [0.05, 0.1) is 19.7 Å². The number of aromatic nitrogens is 2. The van der Waals surface area contributed by atoms with Crippen molar-refractivity contribution in [2.75, 3.05) is 45.3 Å². The van der Waals surface area contributed by atoms with Crippen molar-refractivity contribution in [3.05, 3.63) is 18.5 Å². The molecule has 152 valence electrons. The van der Waals surface area contributed by atoms with Crippen LogP contribution in [0.4, 0.5) is 10.6 Å². The first-order valence-electron chi connectivity index (χ1n) is 8.48. The molecule has 0 spiro atoms. The van der Waals surface area contributed by atoms with Crippen molar-refractivity contribution in [1.29, 1.82) is 0 Å². The van der Waals surface area contributed by atoms with Crippen molar-refractivity contribution < 1.29 is 27.8 Å². The summed E-state index contributed by atoms with van der Waals surface area (Å²) in [5.74, 6) is 1.74. The number of methoxy groups -OCH3 is 2. The van der Waals surface area contributed by atoms with Crippen LogP contribution < -0.4 is 19.1 Å². The molecule has 28 heavy (non-hydrogen) atoms. The van der Waals surface area contributed by atoms with E-state index in [0.29, 0.717) is 42.3 Å². The van der Waals surface area contributed by atoms with Gasteiger partial charge in [-0.3, -0.25) is 0 Å². The smallest absolute Gasteiger partial charge is 0.419 e. The first-order valence-corrected chi connectivity index (χ1v) is 9.92. The van der Waals surface area contributed by atoms with Crippen LogP contribution in [0.2, 0.25) is 0 Å². The van der Waals surface area contributed by atoms with E-state index in [9.17, 15) is 13.2 Å². The van der Waals surface area contributed by atoms with Gasteiger partial charge in [0, 0.05) is 37.6 Å². The maximum absolute atomic E-state index is 12.1. The minimum atomic E-state index is -4.09. The van der Waals surface area contributed by atoms with Gasteiger partial charge in [-0.2, -0.15) is 12.7 Å². The van der Waals surface area contributed by atoms with E-state index in [-0.39, 0.29) is 13.1 Å². The number of nitrogens with zero attached hydrogens (tertiary/aromatic N) is 4. The molecule has 1 aromatic carbocycles. The van der Waals surface area contributed by atoms with Gasteiger partial charge in [0.2, 0.25) is 0 Å². The standard InChI is InChI=1S/C16H21N5O6S/c1-26-13-8-11-12(9-14(13)27-2)17-10-18-15(11)20-4-3-5-21(7-6-20)28(24,25)19-16(22)23/h8-10,19H,3-7H2,1-2H3,(H,22,23). The van der Waals surface area contributed by atoms with Gasteiger partial charge in [-0.1, -0.05) is 0 Å². The van der Waals surface area contributed by atoms with Crippen LogP contribution in [0.15, 0.2) is 18.5 Å². The Kier molecular flexibility index (Phi) is 5.70. The molecule has 0 bridgehead atoms. The second-order valence-corrected chi connectivity index (χ2v) is 7.74. The number of carbonyl (C=O) groups is 1. The first kappa shape index (κ1) is 19.9. The van der Waals surface area contributed by atoms with Crippen molar-refractivity contribution in [2.45, 2.75) is 6.42 Å². The van der Waals surface area contributed by atoms with Gasteiger partial charge in [0.15, 0.2) is 11.5 Å². The largest absolute Gasteiger partial charge is 0.493 e. The molecule has 3 rings (SSSR count). The maximum atomic E-state index is 12.1. The van der Waals surface area contributed by atoms with Crippen LogP contribution in [0.25, 0.3) is 10.9 Å². The molecule has 1 aromatic heterocycles. The van der Waals surface area contributed by atoms with Crippen molar-refractivity contribution >= 4 is 33.0 Å². The van der Waals surface area contributed by atoms with Gasteiger partial charge < -0.3 is 19.5 Å². The summed E-state index contributed by atoms with van der Waals surface area (Å²) in [6.45, 7) is 1.24. The molecule has 1 saturated heterocycles. The molecule has 2 heterocycles. The molecule has 1 aliphatic rings. The molecule has 0 saturated carbocycles. The Hall–Kier alpha value is -2.86. The zero-order chi connectivity index (χ0) is 20.3. The Bertz CT molecular complexity index is 983. The zero-order valence-electron chi connectivity index (χ0n) is 15.5. The van der Waals surface area contributed by atoms with E-state index in [1.54, 1.807) is 24.0 Å². The molecule has 12 heteroatoms. The van der Waals surface area contributed by atoms with Crippen molar-refractivity contribution in [2.24, 2.45) is 0 Å². The third-order valence-electron chi connectivity index (χ3n) is 4.43. The number of ether oxygens (including phenoxy) is 2. The van der Waals surface area contributed by atoms with Crippen LogP contribution in [0.5, 0.6) is 11.5 Å². The number of fused-ring (bicyclic) bond motifs is 1. The van der Waals surface area contributed by atoms with E-state index in [4.69, 9.17) is 14.6 Å². The van der Waals surface area contributed by atoms with E-state index in [2.05, 4.69) is 9.97 Å². The summed E-state index contributed by atoms with van der Waals surface area (Å²) >= 11 is 0. The van der Waals surface area contributed by atoms with Crippen LogP contribution in [-0.4, -0.2) is 74.3 Å². The fourth-order valence-electron chi connectivity index (χ4n) is 3.14. The van der Waals surface area contributed by atoms with Crippen LogP contribution in [0.3, 0.4) is 0 Å². The number of anilines is 1. The predicted octanol–water partition coefficient (Wildman–Crippen LogP) is 0.672. The summed E-state index contributed by atoms with van der Waals surface area (Å²) in [5, 5.41) is 9.47. The fraction of sp³-hybridized carbons (Fsp3) is 0.438. The molecule has 0 unspecified atom stereocenters. The summed E-state index contributed by atoms with van der Waals surface area (Å²) in [7, 11) is -1.00. The topological polar surface area (TPSA) is 134 Å². The number of nitrogens with one attached hydrogen (secondary N) is 1. The number of rotatable bonds is 5. The van der Waals surface area contributed by atoms with Gasteiger partial charge in [-0.15, -0.1) is 0 Å². The molecule has 0 atom stereocenters. The average molecular weight is 411 g/mol. The molecule has 2 N–H and O–H groups in total. The summed E-state index contributed by atoms with van der Waals surface area (Å²) in [6, 6.07) is 3.54. The lowest BCUT2D eigenvalue weighted by molar-refractivity contribution is 0.200. The lowest BCUT2D eigenvalue weighted by Gasteiger charge is -2.23. The molecule has 1 fully saturated rings. The van der Waals surface area contributed by atoms with Crippen molar-refractivity contribution in [3.8, 4) is 11.5 Å². The Balaban J connectivity index is 1.90. The molecule has 1 aliphatic heterocycles. The Morgan fingerprint density at radius 2 is 1.82 bits per heavy atom. The average Bonchev–Trinajstić information content (AvgIpc) is 2.92. The highest BCUT2D eigenvalue weighted by Gasteiger charge is 2.27.